The number of allylic oxidation sites excluding steroid dienone is 1. The molecule has 0 heterocycles. The number of hydrogen-bond acceptors (Lipinski definition) is 1. The topological polar surface area (TPSA) is 17.1 Å². The molecular weight excluding hydrogens is 268 g/mol. The molecule has 0 fully saturated rings. The van der Waals surface area contributed by atoms with Crippen molar-refractivity contribution in [1.29, 1.82) is 0 Å². The van der Waals surface area contributed by atoms with E-state index in [1.165, 1.54) is 5.39 Å². The van der Waals surface area contributed by atoms with E-state index in [1.54, 1.807) is 0 Å². The van der Waals surface area contributed by atoms with Crippen molar-refractivity contribution >= 4 is 23.1 Å². The Labute approximate surface area is 129 Å². The molecule has 0 amide bonds. The largest absolute Gasteiger partial charge is 0.302 e. The minimum absolute atomic E-state index is 0.591. The lowest BCUT2D eigenvalue weighted by molar-refractivity contribution is -0.111. The summed E-state index contributed by atoms with van der Waals surface area (Å²) in [7, 11) is 0. The second kappa shape index (κ2) is 4.96. The van der Waals surface area contributed by atoms with Crippen molar-refractivity contribution in [2.24, 2.45) is 0 Å². The molecule has 0 spiro atoms. The Morgan fingerprint density at radius 1 is 0.818 bits per heavy atom. The quantitative estimate of drug-likeness (QED) is 0.621. The summed E-state index contributed by atoms with van der Waals surface area (Å²) in [5, 5.41) is 2.33. The second-order valence-corrected chi connectivity index (χ2v) is 5.81. The minimum atomic E-state index is -0.591. The fourth-order valence-corrected chi connectivity index (χ4v) is 3.57. The van der Waals surface area contributed by atoms with Crippen molar-refractivity contribution in [1.82, 2.24) is 0 Å². The molecule has 0 radical (unpaired) electrons. The van der Waals surface area contributed by atoms with E-state index in [-0.39, 0.29) is 0 Å². The molecule has 0 aromatic heterocycles. The van der Waals surface area contributed by atoms with Gasteiger partial charge in [0.05, 0.1) is 5.41 Å². The van der Waals surface area contributed by atoms with Crippen molar-refractivity contribution in [3.8, 4) is 0 Å². The Morgan fingerprint density at radius 2 is 1.55 bits per heavy atom. The van der Waals surface area contributed by atoms with Gasteiger partial charge < -0.3 is 4.79 Å². The third-order valence-corrected chi connectivity index (χ3v) is 4.65. The van der Waals surface area contributed by atoms with Crippen LogP contribution in [-0.2, 0) is 10.2 Å². The maximum Gasteiger partial charge on any atom is 0.135 e. The fourth-order valence-electron chi connectivity index (χ4n) is 3.57. The Bertz CT molecular complexity index is 886. The van der Waals surface area contributed by atoms with Gasteiger partial charge in [0.25, 0.3) is 0 Å². The van der Waals surface area contributed by atoms with Crippen LogP contribution in [0.25, 0.3) is 16.8 Å². The van der Waals surface area contributed by atoms with Crippen LogP contribution in [0.15, 0.2) is 72.8 Å². The van der Waals surface area contributed by atoms with Crippen molar-refractivity contribution in [2.45, 2.75) is 11.8 Å². The molecule has 22 heavy (non-hydrogen) atoms. The van der Waals surface area contributed by atoms with E-state index in [9.17, 15) is 4.79 Å². The highest BCUT2D eigenvalue weighted by Crippen LogP contribution is 2.42. The van der Waals surface area contributed by atoms with Gasteiger partial charge in [-0.15, -0.1) is 0 Å². The van der Waals surface area contributed by atoms with E-state index in [1.807, 2.05) is 30.3 Å². The van der Waals surface area contributed by atoms with Gasteiger partial charge in [0.15, 0.2) is 0 Å². The molecule has 0 aliphatic heterocycles. The van der Waals surface area contributed by atoms with Crippen LogP contribution in [0.3, 0.4) is 0 Å². The summed E-state index contributed by atoms with van der Waals surface area (Å²) >= 11 is 0. The summed E-state index contributed by atoms with van der Waals surface area (Å²) < 4.78 is 0. The number of hydrogen-bond donors (Lipinski definition) is 0. The molecule has 1 aliphatic carbocycles. The maximum atomic E-state index is 12.3. The van der Waals surface area contributed by atoms with E-state index in [0.29, 0.717) is 6.42 Å². The SMILES string of the molecule is O=CC1(c2cccc3ccccc23)CC=Cc2ccccc21. The molecule has 3 aromatic rings. The first-order valence-corrected chi connectivity index (χ1v) is 7.56. The molecular formula is C21H16O. The van der Waals surface area contributed by atoms with Crippen LogP contribution >= 0.6 is 0 Å². The highest BCUT2D eigenvalue weighted by atomic mass is 16.1. The van der Waals surface area contributed by atoms with Gasteiger partial charge >= 0.3 is 0 Å². The fraction of sp³-hybridized carbons (Fsp3) is 0.0952. The zero-order valence-electron chi connectivity index (χ0n) is 12.2. The summed E-state index contributed by atoms with van der Waals surface area (Å²) in [6.45, 7) is 0. The van der Waals surface area contributed by atoms with Crippen molar-refractivity contribution < 1.29 is 4.79 Å². The monoisotopic (exact) mass is 284 g/mol. The lowest BCUT2D eigenvalue weighted by atomic mass is 9.68. The van der Waals surface area contributed by atoms with Gasteiger partial charge in [0.1, 0.15) is 6.29 Å². The van der Waals surface area contributed by atoms with Crippen molar-refractivity contribution in [2.75, 3.05) is 0 Å². The maximum absolute atomic E-state index is 12.3. The first kappa shape index (κ1) is 13.0. The van der Waals surface area contributed by atoms with Gasteiger partial charge in [0, 0.05) is 0 Å². The van der Waals surface area contributed by atoms with Crippen LogP contribution in [0.2, 0.25) is 0 Å². The standard InChI is InChI=1S/C21H16O/c22-15-21(14-6-10-17-8-2-4-12-19(17)21)20-13-5-9-16-7-1-3-11-18(16)20/h1-13,15H,14H2. The summed E-state index contributed by atoms with van der Waals surface area (Å²) in [6, 6.07) is 22.7. The molecule has 1 nitrogen and oxygen atoms in total. The summed E-state index contributed by atoms with van der Waals surface area (Å²) in [6.07, 6.45) is 6.05. The van der Waals surface area contributed by atoms with E-state index in [4.69, 9.17) is 0 Å². The molecule has 1 heteroatoms. The van der Waals surface area contributed by atoms with Gasteiger partial charge in [-0.1, -0.05) is 78.9 Å². The molecule has 0 bridgehead atoms. The Kier molecular flexibility index (Phi) is 2.93. The lowest BCUT2D eigenvalue weighted by Gasteiger charge is -2.33. The molecule has 3 aromatic carbocycles. The average molecular weight is 284 g/mol. The smallest absolute Gasteiger partial charge is 0.135 e. The Morgan fingerprint density at radius 3 is 2.45 bits per heavy atom. The molecule has 106 valence electrons. The van der Waals surface area contributed by atoms with Crippen molar-refractivity contribution in [3.05, 3.63) is 89.5 Å². The number of aldehydes is 1. The highest BCUT2D eigenvalue weighted by Gasteiger charge is 2.37. The third kappa shape index (κ3) is 1.75. The molecule has 1 atom stereocenters. The van der Waals surface area contributed by atoms with Crippen molar-refractivity contribution in [3.63, 3.8) is 0 Å². The van der Waals surface area contributed by atoms with Crippen LogP contribution in [-0.4, -0.2) is 6.29 Å². The van der Waals surface area contributed by atoms with E-state index < -0.39 is 5.41 Å². The van der Waals surface area contributed by atoms with E-state index >= 15 is 0 Å². The van der Waals surface area contributed by atoms with Gasteiger partial charge in [-0.05, 0) is 33.9 Å². The number of carbonyl (C=O) groups excluding carboxylic acids is 1. The normalized spacial score (nSPS) is 19.8. The molecule has 4 rings (SSSR count). The van der Waals surface area contributed by atoms with Crippen LogP contribution in [0.4, 0.5) is 0 Å². The van der Waals surface area contributed by atoms with Crippen LogP contribution in [0.5, 0.6) is 0 Å². The molecule has 0 saturated carbocycles. The first-order chi connectivity index (χ1) is 10.8. The summed E-state index contributed by atoms with van der Waals surface area (Å²) in [5.41, 5.74) is 2.74. The average Bonchev–Trinajstić information content (AvgIpc) is 2.61. The zero-order chi connectivity index (χ0) is 15.0. The number of benzene rings is 3. The van der Waals surface area contributed by atoms with Crippen LogP contribution in [0.1, 0.15) is 23.1 Å². The molecule has 0 N–H and O–H groups in total. The summed E-state index contributed by atoms with van der Waals surface area (Å²) in [5.74, 6) is 0. The summed E-state index contributed by atoms with van der Waals surface area (Å²) in [4.78, 5) is 12.3. The van der Waals surface area contributed by atoms with Gasteiger partial charge in [-0.2, -0.15) is 0 Å². The van der Waals surface area contributed by atoms with Gasteiger partial charge in [-0.25, -0.2) is 0 Å². The molecule has 1 aliphatic rings. The second-order valence-electron chi connectivity index (χ2n) is 5.81. The Balaban J connectivity index is 2.07. The lowest BCUT2D eigenvalue weighted by Crippen LogP contribution is -2.31. The third-order valence-electron chi connectivity index (χ3n) is 4.65. The molecule has 0 saturated heterocycles. The van der Waals surface area contributed by atoms with Gasteiger partial charge in [0.2, 0.25) is 0 Å². The minimum Gasteiger partial charge on any atom is -0.302 e. The predicted octanol–water partition coefficient (Wildman–Crippen LogP) is 4.74. The van der Waals surface area contributed by atoms with Crippen LogP contribution in [0, 0.1) is 0 Å². The zero-order valence-corrected chi connectivity index (χ0v) is 12.2. The Hall–Kier alpha value is -2.67. The molecule has 1 unspecified atom stereocenters. The highest BCUT2D eigenvalue weighted by molar-refractivity contribution is 5.93. The van der Waals surface area contributed by atoms with E-state index in [0.717, 1.165) is 28.4 Å². The first-order valence-electron chi connectivity index (χ1n) is 7.56. The van der Waals surface area contributed by atoms with Crippen LogP contribution < -0.4 is 0 Å². The van der Waals surface area contributed by atoms with E-state index in [2.05, 4.69) is 48.6 Å². The number of fused-ring (bicyclic) bond motifs is 2. The number of carbonyl (C=O) groups is 1. The number of rotatable bonds is 2. The predicted molar refractivity (Wildman–Crippen MR) is 90.9 cm³/mol. The van der Waals surface area contributed by atoms with Gasteiger partial charge in [-0.3, -0.25) is 0 Å².